The number of hydrogen-bond donors (Lipinski definition) is 2. The zero-order valence-electron chi connectivity index (χ0n) is 15.6. The van der Waals surface area contributed by atoms with E-state index in [4.69, 9.17) is 0 Å². The van der Waals surface area contributed by atoms with Gasteiger partial charge < -0.3 is 15.2 Å². The molecule has 3 aromatic rings. The molecule has 2 N–H and O–H groups in total. The molecule has 1 heterocycles. The quantitative estimate of drug-likeness (QED) is 0.641. The van der Waals surface area contributed by atoms with Crippen molar-refractivity contribution in [3.63, 3.8) is 0 Å². The summed E-state index contributed by atoms with van der Waals surface area (Å²) in [5.74, 6) is 0. The summed E-state index contributed by atoms with van der Waals surface area (Å²) in [7, 11) is 0. The van der Waals surface area contributed by atoms with Crippen LogP contribution in [0.5, 0.6) is 0 Å². The summed E-state index contributed by atoms with van der Waals surface area (Å²) in [4.78, 5) is 16.2. The van der Waals surface area contributed by atoms with Crippen LogP contribution in [0.25, 0.3) is 0 Å². The van der Waals surface area contributed by atoms with Crippen LogP contribution in [-0.4, -0.2) is 21.6 Å². The molecule has 0 aliphatic carbocycles. The number of benzene rings is 2. The van der Waals surface area contributed by atoms with Gasteiger partial charge in [0.05, 0.1) is 6.33 Å². The van der Waals surface area contributed by atoms with Gasteiger partial charge in [0.15, 0.2) is 0 Å². The van der Waals surface area contributed by atoms with E-state index in [2.05, 4.69) is 39.9 Å². The molecule has 5 nitrogen and oxygen atoms in total. The number of imidazole rings is 1. The Morgan fingerprint density at radius 2 is 1.85 bits per heavy atom. The average molecular weight is 362 g/mol. The second kappa shape index (κ2) is 9.57. The van der Waals surface area contributed by atoms with Crippen LogP contribution in [0.15, 0.2) is 73.3 Å². The maximum Gasteiger partial charge on any atom is 0.315 e. The molecule has 3 rings (SSSR count). The van der Waals surface area contributed by atoms with Crippen molar-refractivity contribution in [1.29, 1.82) is 0 Å². The molecule has 0 radical (unpaired) electrons. The molecule has 2 aromatic carbocycles. The Balaban J connectivity index is 1.42. The molecule has 5 heteroatoms. The number of nitrogens with zero attached hydrogens (tertiary/aromatic N) is 2. The lowest BCUT2D eigenvalue weighted by molar-refractivity contribution is 0.237. The first-order valence-electron chi connectivity index (χ1n) is 9.31. The minimum Gasteiger partial charge on any atom is -0.336 e. The van der Waals surface area contributed by atoms with E-state index in [1.807, 2.05) is 48.0 Å². The minimum atomic E-state index is -0.129. The number of carbonyl (C=O) groups excluding carboxylic acids is 1. The molecule has 0 fully saturated rings. The summed E-state index contributed by atoms with van der Waals surface area (Å²) in [5.41, 5.74) is 3.56. The fourth-order valence-corrected chi connectivity index (χ4v) is 2.99. The fourth-order valence-electron chi connectivity index (χ4n) is 2.99. The molecule has 0 spiro atoms. The molecule has 0 saturated carbocycles. The number of aryl methyl sites for hydroxylation is 1. The highest BCUT2D eigenvalue weighted by molar-refractivity contribution is 5.74. The number of carbonyl (C=O) groups is 1. The molecular weight excluding hydrogens is 336 g/mol. The zero-order chi connectivity index (χ0) is 18.9. The maximum absolute atomic E-state index is 12.1. The number of urea groups is 1. The number of nitrogens with one attached hydrogen (secondary N) is 2. The largest absolute Gasteiger partial charge is 0.336 e. The normalized spacial score (nSPS) is 11.7. The summed E-state index contributed by atoms with van der Waals surface area (Å²) in [6.45, 7) is 3.32. The van der Waals surface area contributed by atoms with E-state index in [9.17, 15) is 4.79 Å². The lowest BCUT2D eigenvalue weighted by atomic mass is 10.1. The first-order chi connectivity index (χ1) is 13.2. The monoisotopic (exact) mass is 362 g/mol. The summed E-state index contributed by atoms with van der Waals surface area (Å²) in [6, 6.07) is 18.6. The van der Waals surface area contributed by atoms with E-state index in [0.717, 1.165) is 24.9 Å². The standard InChI is InChI=1S/C22H26N4O/c1-18(10-11-19-6-3-2-4-7-19)25-22(27)24-15-20-8-5-9-21(14-20)16-26-13-12-23-17-26/h2-9,12-14,17-18H,10-11,15-16H2,1H3,(H2,24,25,27). The van der Waals surface area contributed by atoms with Gasteiger partial charge in [-0.25, -0.2) is 9.78 Å². The highest BCUT2D eigenvalue weighted by Crippen LogP contribution is 2.08. The van der Waals surface area contributed by atoms with E-state index in [1.54, 1.807) is 12.5 Å². The van der Waals surface area contributed by atoms with Crippen molar-refractivity contribution in [3.05, 3.63) is 90.0 Å². The SMILES string of the molecule is CC(CCc1ccccc1)NC(=O)NCc1cccc(Cn2ccnc2)c1. The van der Waals surface area contributed by atoms with Crippen molar-refractivity contribution in [2.75, 3.05) is 0 Å². The molecule has 0 aliphatic heterocycles. The van der Waals surface area contributed by atoms with Gasteiger partial charge in [0, 0.05) is 31.5 Å². The van der Waals surface area contributed by atoms with Gasteiger partial charge >= 0.3 is 6.03 Å². The fraction of sp³-hybridized carbons (Fsp3) is 0.273. The summed E-state index contributed by atoms with van der Waals surface area (Å²) >= 11 is 0. The molecule has 0 bridgehead atoms. The van der Waals surface area contributed by atoms with Gasteiger partial charge in [0.2, 0.25) is 0 Å². The molecule has 1 unspecified atom stereocenters. The third kappa shape index (κ3) is 6.29. The summed E-state index contributed by atoms with van der Waals surface area (Å²) in [5, 5.41) is 5.95. The average Bonchev–Trinajstić information content (AvgIpc) is 3.19. The highest BCUT2D eigenvalue weighted by atomic mass is 16.2. The van der Waals surface area contributed by atoms with Gasteiger partial charge in [0.25, 0.3) is 0 Å². The predicted molar refractivity (Wildman–Crippen MR) is 107 cm³/mol. The summed E-state index contributed by atoms with van der Waals surface area (Å²) in [6.07, 6.45) is 7.38. The summed E-state index contributed by atoms with van der Waals surface area (Å²) < 4.78 is 2.02. The van der Waals surface area contributed by atoms with Gasteiger partial charge in [-0.2, -0.15) is 0 Å². The van der Waals surface area contributed by atoms with Crippen molar-refractivity contribution in [1.82, 2.24) is 20.2 Å². The van der Waals surface area contributed by atoms with E-state index in [1.165, 1.54) is 11.1 Å². The van der Waals surface area contributed by atoms with E-state index < -0.39 is 0 Å². The Bertz CT molecular complexity index is 831. The van der Waals surface area contributed by atoms with Crippen molar-refractivity contribution in [3.8, 4) is 0 Å². The van der Waals surface area contributed by atoms with Crippen LogP contribution in [0.2, 0.25) is 0 Å². The number of amides is 2. The molecule has 2 amide bonds. The van der Waals surface area contributed by atoms with Crippen molar-refractivity contribution < 1.29 is 4.79 Å². The van der Waals surface area contributed by atoms with Crippen LogP contribution >= 0.6 is 0 Å². The van der Waals surface area contributed by atoms with Crippen LogP contribution in [0.4, 0.5) is 4.79 Å². The Kier molecular flexibility index (Phi) is 6.63. The topological polar surface area (TPSA) is 59.0 Å². The first-order valence-corrected chi connectivity index (χ1v) is 9.31. The Morgan fingerprint density at radius 1 is 1.07 bits per heavy atom. The van der Waals surface area contributed by atoms with Crippen LogP contribution in [0, 0.1) is 0 Å². The Morgan fingerprint density at radius 3 is 2.63 bits per heavy atom. The Hall–Kier alpha value is -3.08. The van der Waals surface area contributed by atoms with Crippen molar-refractivity contribution >= 4 is 6.03 Å². The number of hydrogen-bond acceptors (Lipinski definition) is 2. The van der Waals surface area contributed by atoms with E-state index in [-0.39, 0.29) is 12.1 Å². The molecule has 0 saturated heterocycles. The third-order valence-corrected chi connectivity index (χ3v) is 4.46. The lowest BCUT2D eigenvalue weighted by Gasteiger charge is -2.15. The van der Waals surface area contributed by atoms with Crippen molar-refractivity contribution in [2.45, 2.75) is 38.9 Å². The predicted octanol–water partition coefficient (Wildman–Crippen LogP) is 3.75. The maximum atomic E-state index is 12.1. The zero-order valence-corrected chi connectivity index (χ0v) is 15.6. The lowest BCUT2D eigenvalue weighted by Crippen LogP contribution is -2.40. The van der Waals surface area contributed by atoms with Crippen LogP contribution in [0.1, 0.15) is 30.0 Å². The van der Waals surface area contributed by atoms with Gasteiger partial charge in [-0.1, -0.05) is 54.6 Å². The smallest absolute Gasteiger partial charge is 0.315 e. The number of aromatic nitrogens is 2. The molecule has 140 valence electrons. The van der Waals surface area contributed by atoms with Crippen LogP contribution in [-0.2, 0) is 19.5 Å². The highest BCUT2D eigenvalue weighted by Gasteiger charge is 2.07. The van der Waals surface area contributed by atoms with Crippen molar-refractivity contribution in [2.24, 2.45) is 0 Å². The van der Waals surface area contributed by atoms with Crippen LogP contribution in [0.3, 0.4) is 0 Å². The molecule has 1 aromatic heterocycles. The molecular formula is C22H26N4O. The first kappa shape index (κ1) is 18.7. The Labute approximate surface area is 160 Å². The van der Waals surface area contributed by atoms with Gasteiger partial charge in [0.1, 0.15) is 0 Å². The molecule has 27 heavy (non-hydrogen) atoms. The van der Waals surface area contributed by atoms with Gasteiger partial charge in [-0.05, 0) is 36.5 Å². The van der Waals surface area contributed by atoms with E-state index >= 15 is 0 Å². The van der Waals surface area contributed by atoms with Gasteiger partial charge in [-0.3, -0.25) is 0 Å². The second-order valence-corrected chi connectivity index (χ2v) is 6.81. The number of rotatable bonds is 8. The van der Waals surface area contributed by atoms with E-state index in [0.29, 0.717) is 6.54 Å². The molecule has 1 atom stereocenters. The third-order valence-electron chi connectivity index (χ3n) is 4.46. The van der Waals surface area contributed by atoms with Crippen LogP contribution < -0.4 is 10.6 Å². The van der Waals surface area contributed by atoms with Gasteiger partial charge in [-0.15, -0.1) is 0 Å². The minimum absolute atomic E-state index is 0.123. The second-order valence-electron chi connectivity index (χ2n) is 6.81. The molecule has 0 aliphatic rings.